The topological polar surface area (TPSA) is 41.1 Å². The number of carbonyl (C=O) groups excluding carboxylic acids is 1. The van der Waals surface area contributed by atoms with Gasteiger partial charge in [-0.05, 0) is 37.0 Å². The monoisotopic (exact) mass is 328 g/mol. The molecule has 1 fully saturated rings. The Morgan fingerprint density at radius 3 is 2.67 bits per heavy atom. The molecule has 0 bridgehead atoms. The van der Waals surface area contributed by atoms with E-state index in [1.54, 1.807) is 6.07 Å². The third-order valence-corrected chi connectivity index (χ3v) is 4.48. The molecule has 0 radical (unpaired) electrons. The van der Waals surface area contributed by atoms with Crippen molar-refractivity contribution in [2.45, 2.75) is 44.6 Å². The Labute approximate surface area is 136 Å². The molecule has 0 heterocycles. The summed E-state index contributed by atoms with van der Waals surface area (Å²) in [6, 6.07) is 5.95. The van der Waals surface area contributed by atoms with Gasteiger partial charge < -0.3 is 10.6 Å². The molecule has 0 aliphatic heterocycles. The fourth-order valence-electron chi connectivity index (χ4n) is 2.67. The van der Waals surface area contributed by atoms with Gasteiger partial charge in [0.1, 0.15) is 0 Å². The number of amides is 1. The average Bonchev–Trinajstić information content (AvgIpc) is 2.48. The first-order valence-corrected chi connectivity index (χ1v) is 8.35. The second kappa shape index (κ2) is 8.62. The molecule has 1 aliphatic rings. The average molecular weight is 329 g/mol. The summed E-state index contributed by atoms with van der Waals surface area (Å²) in [6.45, 7) is 0.992. The maximum atomic E-state index is 11.8. The lowest BCUT2D eigenvalue weighted by Gasteiger charge is -2.22. The predicted octanol–water partition coefficient (Wildman–Crippen LogP) is 3.57. The van der Waals surface area contributed by atoms with Crippen molar-refractivity contribution in [3.63, 3.8) is 0 Å². The van der Waals surface area contributed by atoms with Gasteiger partial charge in [0.15, 0.2) is 0 Å². The Balaban J connectivity index is 1.64. The number of hydrogen-bond acceptors (Lipinski definition) is 2. The smallest absolute Gasteiger partial charge is 0.233 e. The van der Waals surface area contributed by atoms with Crippen LogP contribution in [0.3, 0.4) is 0 Å². The lowest BCUT2D eigenvalue weighted by atomic mass is 9.95. The van der Waals surface area contributed by atoms with Crippen molar-refractivity contribution in [2.24, 2.45) is 0 Å². The van der Waals surface area contributed by atoms with Gasteiger partial charge in [-0.15, -0.1) is 0 Å². The standard InChI is InChI=1S/C16H22Cl2N2O/c17-13-7-6-12(15(18)10-13)8-9-19-16(21)11-20-14-4-2-1-3-5-14/h6-7,10,14,20H,1-5,8-9,11H2,(H,19,21). The lowest BCUT2D eigenvalue weighted by molar-refractivity contribution is -0.120. The molecule has 21 heavy (non-hydrogen) atoms. The molecule has 1 aromatic carbocycles. The number of halogens is 2. The summed E-state index contributed by atoms with van der Waals surface area (Å²) < 4.78 is 0. The fraction of sp³-hybridized carbons (Fsp3) is 0.562. The van der Waals surface area contributed by atoms with Crippen LogP contribution in [0.2, 0.25) is 10.0 Å². The first kappa shape index (κ1) is 16.6. The summed E-state index contributed by atoms with van der Waals surface area (Å²) in [4.78, 5) is 11.8. The van der Waals surface area contributed by atoms with E-state index >= 15 is 0 Å². The largest absolute Gasteiger partial charge is 0.355 e. The summed E-state index contributed by atoms with van der Waals surface area (Å²) in [6.07, 6.45) is 6.96. The molecule has 0 unspecified atom stereocenters. The third-order valence-electron chi connectivity index (χ3n) is 3.89. The molecule has 0 aromatic heterocycles. The minimum atomic E-state index is 0.0469. The van der Waals surface area contributed by atoms with E-state index < -0.39 is 0 Å². The van der Waals surface area contributed by atoms with E-state index in [0.29, 0.717) is 35.6 Å². The highest BCUT2D eigenvalue weighted by atomic mass is 35.5. The van der Waals surface area contributed by atoms with Gasteiger partial charge in [0, 0.05) is 22.6 Å². The van der Waals surface area contributed by atoms with Crippen molar-refractivity contribution in [1.29, 1.82) is 0 Å². The van der Waals surface area contributed by atoms with E-state index in [-0.39, 0.29) is 5.91 Å². The van der Waals surface area contributed by atoms with Crippen LogP contribution in [0, 0.1) is 0 Å². The zero-order valence-electron chi connectivity index (χ0n) is 12.1. The van der Waals surface area contributed by atoms with Gasteiger partial charge in [0.05, 0.1) is 6.54 Å². The van der Waals surface area contributed by atoms with Crippen molar-refractivity contribution in [3.05, 3.63) is 33.8 Å². The summed E-state index contributed by atoms with van der Waals surface area (Å²) in [7, 11) is 0. The summed E-state index contributed by atoms with van der Waals surface area (Å²) in [5.41, 5.74) is 1.00. The highest BCUT2D eigenvalue weighted by Crippen LogP contribution is 2.21. The molecular weight excluding hydrogens is 307 g/mol. The van der Waals surface area contributed by atoms with Gasteiger partial charge in [-0.3, -0.25) is 4.79 Å². The fourth-order valence-corrected chi connectivity index (χ4v) is 3.17. The summed E-state index contributed by atoms with van der Waals surface area (Å²) in [5.74, 6) is 0.0469. The van der Waals surface area contributed by atoms with Crippen LogP contribution in [0.1, 0.15) is 37.7 Å². The normalized spacial score (nSPS) is 15.9. The van der Waals surface area contributed by atoms with Gasteiger partial charge in [0.2, 0.25) is 5.91 Å². The van der Waals surface area contributed by atoms with E-state index in [2.05, 4.69) is 10.6 Å². The number of hydrogen-bond donors (Lipinski definition) is 2. The van der Waals surface area contributed by atoms with Gasteiger partial charge >= 0.3 is 0 Å². The molecular formula is C16H22Cl2N2O. The Bertz CT molecular complexity index is 473. The zero-order valence-corrected chi connectivity index (χ0v) is 13.6. The molecule has 116 valence electrons. The molecule has 0 atom stereocenters. The Morgan fingerprint density at radius 2 is 1.95 bits per heavy atom. The van der Waals surface area contributed by atoms with Crippen LogP contribution < -0.4 is 10.6 Å². The Kier molecular flexibility index (Phi) is 6.81. The maximum Gasteiger partial charge on any atom is 0.233 e. The second-order valence-corrected chi connectivity index (χ2v) is 6.40. The van der Waals surface area contributed by atoms with Crippen LogP contribution >= 0.6 is 23.2 Å². The summed E-state index contributed by atoms with van der Waals surface area (Å²) >= 11 is 12.0. The number of carbonyl (C=O) groups is 1. The van der Waals surface area contributed by atoms with Crippen LogP contribution in [0.15, 0.2) is 18.2 Å². The van der Waals surface area contributed by atoms with Gasteiger partial charge in [-0.1, -0.05) is 48.5 Å². The van der Waals surface area contributed by atoms with Crippen molar-refractivity contribution < 1.29 is 4.79 Å². The van der Waals surface area contributed by atoms with E-state index in [1.165, 1.54) is 32.1 Å². The van der Waals surface area contributed by atoms with Crippen LogP contribution in [0.4, 0.5) is 0 Å². The van der Waals surface area contributed by atoms with E-state index in [1.807, 2.05) is 12.1 Å². The molecule has 3 nitrogen and oxygen atoms in total. The highest BCUT2D eigenvalue weighted by Gasteiger charge is 2.13. The van der Waals surface area contributed by atoms with Crippen molar-refractivity contribution in [1.82, 2.24) is 10.6 Å². The van der Waals surface area contributed by atoms with Crippen LogP contribution in [-0.2, 0) is 11.2 Å². The first-order chi connectivity index (χ1) is 10.1. The molecule has 2 rings (SSSR count). The molecule has 0 spiro atoms. The molecule has 1 aromatic rings. The van der Waals surface area contributed by atoms with Crippen LogP contribution in [-0.4, -0.2) is 25.0 Å². The van der Waals surface area contributed by atoms with Gasteiger partial charge in [0.25, 0.3) is 0 Å². The Morgan fingerprint density at radius 1 is 1.19 bits per heavy atom. The van der Waals surface area contributed by atoms with E-state index in [9.17, 15) is 4.79 Å². The maximum absolute atomic E-state index is 11.8. The molecule has 2 N–H and O–H groups in total. The minimum absolute atomic E-state index is 0.0469. The molecule has 1 aliphatic carbocycles. The Hall–Kier alpha value is -0.770. The molecule has 5 heteroatoms. The predicted molar refractivity (Wildman–Crippen MR) is 88.1 cm³/mol. The molecule has 0 saturated heterocycles. The summed E-state index contributed by atoms with van der Waals surface area (Å²) in [5, 5.41) is 7.53. The van der Waals surface area contributed by atoms with Crippen molar-refractivity contribution >= 4 is 29.1 Å². The minimum Gasteiger partial charge on any atom is -0.355 e. The van der Waals surface area contributed by atoms with E-state index in [4.69, 9.17) is 23.2 Å². The van der Waals surface area contributed by atoms with Crippen molar-refractivity contribution in [2.75, 3.05) is 13.1 Å². The number of nitrogens with one attached hydrogen (secondary N) is 2. The van der Waals surface area contributed by atoms with Crippen LogP contribution in [0.25, 0.3) is 0 Å². The third kappa shape index (κ3) is 5.85. The zero-order chi connectivity index (χ0) is 15.1. The first-order valence-electron chi connectivity index (χ1n) is 7.59. The second-order valence-electron chi connectivity index (χ2n) is 5.55. The SMILES string of the molecule is O=C(CNC1CCCCC1)NCCc1ccc(Cl)cc1Cl. The highest BCUT2D eigenvalue weighted by molar-refractivity contribution is 6.35. The van der Waals surface area contributed by atoms with Gasteiger partial charge in [-0.2, -0.15) is 0 Å². The van der Waals surface area contributed by atoms with Gasteiger partial charge in [-0.25, -0.2) is 0 Å². The van der Waals surface area contributed by atoms with Crippen LogP contribution in [0.5, 0.6) is 0 Å². The quantitative estimate of drug-likeness (QED) is 0.838. The number of benzene rings is 1. The number of rotatable bonds is 6. The van der Waals surface area contributed by atoms with Crippen molar-refractivity contribution in [3.8, 4) is 0 Å². The molecule has 1 saturated carbocycles. The molecule has 1 amide bonds. The lowest BCUT2D eigenvalue weighted by Crippen LogP contribution is -2.40. The van der Waals surface area contributed by atoms with E-state index in [0.717, 1.165) is 5.56 Å².